The SMILES string of the molecule is C=C(CC)COc1c(Cl)cc(CC(N)CC)cc1OC. The number of halogens is 1. The second kappa shape index (κ2) is 8.18. The van der Waals surface area contributed by atoms with E-state index in [9.17, 15) is 0 Å². The molecule has 0 aromatic heterocycles. The third kappa shape index (κ3) is 4.73. The van der Waals surface area contributed by atoms with Crippen LogP contribution in [0.2, 0.25) is 5.02 Å². The quantitative estimate of drug-likeness (QED) is 0.738. The predicted octanol–water partition coefficient (Wildman–Crippen LogP) is 3.97. The predicted molar refractivity (Wildman–Crippen MR) is 84.9 cm³/mol. The highest BCUT2D eigenvalue weighted by atomic mass is 35.5. The maximum absolute atomic E-state index is 6.29. The summed E-state index contributed by atoms with van der Waals surface area (Å²) in [6.07, 6.45) is 2.58. The van der Waals surface area contributed by atoms with Crippen molar-refractivity contribution in [2.24, 2.45) is 5.73 Å². The highest BCUT2D eigenvalue weighted by molar-refractivity contribution is 6.32. The number of ether oxygens (including phenoxy) is 2. The normalized spacial score (nSPS) is 12.1. The van der Waals surface area contributed by atoms with Crippen molar-refractivity contribution in [2.75, 3.05) is 13.7 Å². The Morgan fingerprint density at radius 2 is 2.10 bits per heavy atom. The molecule has 4 heteroatoms. The van der Waals surface area contributed by atoms with Gasteiger partial charge >= 0.3 is 0 Å². The van der Waals surface area contributed by atoms with Crippen LogP contribution >= 0.6 is 11.6 Å². The van der Waals surface area contributed by atoms with Gasteiger partial charge in [0.25, 0.3) is 0 Å². The molecular formula is C16H24ClNO2. The number of nitrogens with two attached hydrogens (primary N) is 1. The fraction of sp³-hybridized carbons (Fsp3) is 0.500. The Balaban J connectivity index is 2.92. The van der Waals surface area contributed by atoms with Crippen LogP contribution in [0.3, 0.4) is 0 Å². The molecule has 0 heterocycles. The van der Waals surface area contributed by atoms with Crippen LogP contribution in [0.25, 0.3) is 0 Å². The second-order valence-corrected chi connectivity index (χ2v) is 5.28. The molecule has 0 saturated carbocycles. The summed E-state index contributed by atoms with van der Waals surface area (Å²) in [6.45, 7) is 8.47. The molecule has 0 fully saturated rings. The molecule has 0 aliphatic carbocycles. The van der Waals surface area contributed by atoms with Gasteiger partial charge in [0.15, 0.2) is 11.5 Å². The highest BCUT2D eigenvalue weighted by Gasteiger charge is 2.13. The zero-order chi connectivity index (χ0) is 15.1. The van der Waals surface area contributed by atoms with E-state index in [0.717, 1.165) is 30.4 Å². The van der Waals surface area contributed by atoms with Gasteiger partial charge < -0.3 is 15.2 Å². The van der Waals surface area contributed by atoms with E-state index in [4.69, 9.17) is 26.8 Å². The number of hydrogen-bond acceptors (Lipinski definition) is 3. The van der Waals surface area contributed by atoms with E-state index in [1.165, 1.54) is 0 Å². The maximum atomic E-state index is 6.29. The van der Waals surface area contributed by atoms with E-state index in [2.05, 4.69) is 13.5 Å². The average Bonchev–Trinajstić information content (AvgIpc) is 2.44. The summed E-state index contributed by atoms with van der Waals surface area (Å²) in [7, 11) is 1.61. The highest BCUT2D eigenvalue weighted by Crippen LogP contribution is 2.37. The minimum atomic E-state index is 0.127. The smallest absolute Gasteiger partial charge is 0.180 e. The van der Waals surface area contributed by atoms with Crippen LogP contribution in [0.5, 0.6) is 11.5 Å². The van der Waals surface area contributed by atoms with Crippen LogP contribution in [0, 0.1) is 0 Å². The van der Waals surface area contributed by atoms with Crippen LogP contribution in [-0.4, -0.2) is 19.8 Å². The van der Waals surface area contributed by atoms with Gasteiger partial charge in [-0.1, -0.05) is 32.0 Å². The first-order valence-electron chi connectivity index (χ1n) is 6.93. The molecule has 3 nitrogen and oxygen atoms in total. The van der Waals surface area contributed by atoms with E-state index < -0.39 is 0 Å². The van der Waals surface area contributed by atoms with Crippen molar-refractivity contribution in [3.63, 3.8) is 0 Å². The molecule has 0 amide bonds. The Kier molecular flexibility index (Phi) is 6.89. The van der Waals surface area contributed by atoms with Gasteiger partial charge in [0, 0.05) is 6.04 Å². The van der Waals surface area contributed by atoms with E-state index in [1.807, 2.05) is 19.1 Å². The molecule has 0 aliphatic rings. The van der Waals surface area contributed by atoms with Gasteiger partial charge in [-0.25, -0.2) is 0 Å². The van der Waals surface area contributed by atoms with Crippen LogP contribution in [0.1, 0.15) is 32.3 Å². The van der Waals surface area contributed by atoms with E-state index in [1.54, 1.807) is 7.11 Å². The number of benzene rings is 1. The van der Waals surface area contributed by atoms with Crippen molar-refractivity contribution in [3.05, 3.63) is 34.9 Å². The summed E-state index contributed by atoms with van der Waals surface area (Å²) in [5, 5.41) is 0.548. The minimum Gasteiger partial charge on any atom is -0.493 e. The number of rotatable bonds is 8. The molecule has 1 rings (SSSR count). The summed E-state index contributed by atoms with van der Waals surface area (Å²) in [6, 6.07) is 3.96. The topological polar surface area (TPSA) is 44.5 Å². The standard InChI is InChI=1S/C16H24ClNO2/c1-5-11(3)10-20-16-14(17)8-12(7-13(18)6-2)9-15(16)19-4/h8-9,13H,3,5-7,10,18H2,1-2,4H3. The summed E-state index contributed by atoms with van der Waals surface area (Å²) < 4.78 is 11.1. The largest absolute Gasteiger partial charge is 0.493 e. The van der Waals surface area contributed by atoms with Crippen molar-refractivity contribution in [2.45, 2.75) is 39.2 Å². The fourth-order valence-corrected chi connectivity index (χ4v) is 2.04. The lowest BCUT2D eigenvalue weighted by Crippen LogP contribution is -2.21. The fourth-order valence-electron chi connectivity index (χ4n) is 1.75. The van der Waals surface area contributed by atoms with E-state index in [-0.39, 0.29) is 6.04 Å². The summed E-state index contributed by atoms with van der Waals surface area (Å²) >= 11 is 6.29. The first-order chi connectivity index (χ1) is 9.51. The number of methoxy groups -OCH3 is 1. The lowest BCUT2D eigenvalue weighted by molar-refractivity contribution is 0.317. The molecule has 0 bridgehead atoms. The average molecular weight is 298 g/mol. The van der Waals surface area contributed by atoms with Crippen LogP contribution < -0.4 is 15.2 Å². The Labute approximate surface area is 126 Å². The molecule has 20 heavy (non-hydrogen) atoms. The molecule has 1 atom stereocenters. The molecule has 1 unspecified atom stereocenters. The number of hydrogen-bond donors (Lipinski definition) is 1. The lowest BCUT2D eigenvalue weighted by Gasteiger charge is -2.16. The van der Waals surface area contributed by atoms with Crippen molar-refractivity contribution in [1.82, 2.24) is 0 Å². The molecular weight excluding hydrogens is 274 g/mol. The summed E-state index contributed by atoms with van der Waals surface area (Å²) in [4.78, 5) is 0. The van der Waals surface area contributed by atoms with Crippen LogP contribution in [0.4, 0.5) is 0 Å². The molecule has 0 spiro atoms. The first kappa shape index (κ1) is 16.9. The third-order valence-electron chi connectivity index (χ3n) is 3.23. The Morgan fingerprint density at radius 3 is 2.65 bits per heavy atom. The minimum absolute atomic E-state index is 0.127. The van der Waals surface area contributed by atoms with Crippen molar-refractivity contribution in [1.29, 1.82) is 0 Å². The van der Waals surface area contributed by atoms with Gasteiger partial charge in [-0.3, -0.25) is 0 Å². The molecule has 112 valence electrons. The molecule has 1 aromatic rings. The zero-order valence-electron chi connectivity index (χ0n) is 12.5. The summed E-state index contributed by atoms with van der Waals surface area (Å²) in [5.74, 6) is 1.21. The van der Waals surface area contributed by atoms with Gasteiger partial charge in [-0.15, -0.1) is 0 Å². The van der Waals surface area contributed by atoms with Crippen molar-refractivity contribution < 1.29 is 9.47 Å². The molecule has 0 saturated heterocycles. The van der Waals surface area contributed by atoms with Gasteiger partial charge in [0.2, 0.25) is 0 Å². The van der Waals surface area contributed by atoms with E-state index >= 15 is 0 Å². The lowest BCUT2D eigenvalue weighted by atomic mass is 10.0. The molecule has 2 N–H and O–H groups in total. The Hall–Kier alpha value is -1.19. The summed E-state index contributed by atoms with van der Waals surface area (Å²) in [5.41, 5.74) is 8.05. The Morgan fingerprint density at radius 1 is 1.40 bits per heavy atom. The maximum Gasteiger partial charge on any atom is 0.180 e. The second-order valence-electron chi connectivity index (χ2n) is 4.87. The van der Waals surface area contributed by atoms with Crippen molar-refractivity contribution >= 4 is 11.6 Å². The van der Waals surface area contributed by atoms with Gasteiger partial charge in [-0.05, 0) is 42.5 Å². The van der Waals surface area contributed by atoms with E-state index in [0.29, 0.717) is 23.1 Å². The molecule has 1 aromatic carbocycles. The van der Waals surface area contributed by atoms with Gasteiger partial charge in [-0.2, -0.15) is 0 Å². The zero-order valence-corrected chi connectivity index (χ0v) is 13.3. The van der Waals surface area contributed by atoms with Crippen LogP contribution in [-0.2, 0) is 6.42 Å². The third-order valence-corrected chi connectivity index (χ3v) is 3.51. The van der Waals surface area contributed by atoms with Gasteiger partial charge in [0.05, 0.1) is 12.1 Å². The van der Waals surface area contributed by atoms with Gasteiger partial charge in [0.1, 0.15) is 6.61 Å². The molecule has 0 aliphatic heterocycles. The Bertz CT molecular complexity index is 460. The molecule has 0 radical (unpaired) electrons. The monoisotopic (exact) mass is 297 g/mol. The van der Waals surface area contributed by atoms with Crippen molar-refractivity contribution in [3.8, 4) is 11.5 Å². The first-order valence-corrected chi connectivity index (χ1v) is 7.31. The van der Waals surface area contributed by atoms with Crippen LogP contribution in [0.15, 0.2) is 24.3 Å².